The minimum atomic E-state index is 0.356. The normalized spacial score (nSPS) is 24.7. The van der Waals surface area contributed by atoms with Crippen LogP contribution >= 0.6 is 0 Å². The van der Waals surface area contributed by atoms with Gasteiger partial charge in [0.2, 0.25) is 5.91 Å². The number of aryl methyl sites for hydroxylation is 1. The van der Waals surface area contributed by atoms with Crippen molar-refractivity contribution in [3.8, 4) is 0 Å². The fourth-order valence-corrected chi connectivity index (χ4v) is 3.64. The first-order chi connectivity index (χ1) is 11.2. The first kappa shape index (κ1) is 16.5. The zero-order chi connectivity index (χ0) is 16.2. The summed E-state index contributed by atoms with van der Waals surface area (Å²) in [7, 11) is 0. The lowest BCUT2D eigenvalue weighted by molar-refractivity contribution is -0.134. The number of piperidine rings is 1. The molecule has 3 heteroatoms. The zero-order valence-corrected chi connectivity index (χ0v) is 14.6. The highest BCUT2D eigenvalue weighted by atomic mass is 16.2. The number of carbonyl (C=O) groups excluding carboxylic acids is 1. The summed E-state index contributed by atoms with van der Waals surface area (Å²) >= 11 is 0. The van der Waals surface area contributed by atoms with E-state index in [1.165, 1.54) is 11.1 Å². The third-order valence-corrected chi connectivity index (χ3v) is 5.50. The van der Waals surface area contributed by atoms with Crippen LogP contribution in [-0.2, 0) is 17.8 Å². The summed E-state index contributed by atoms with van der Waals surface area (Å²) in [5.41, 5.74) is 2.75. The summed E-state index contributed by atoms with van der Waals surface area (Å²) in [6.07, 6.45) is 5.55. The maximum Gasteiger partial charge on any atom is 0.225 e. The highest BCUT2D eigenvalue weighted by Gasteiger charge is 2.37. The molecule has 23 heavy (non-hydrogen) atoms. The fourth-order valence-electron chi connectivity index (χ4n) is 3.64. The third kappa shape index (κ3) is 4.14. The van der Waals surface area contributed by atoms with Crippen LogP contribution in [0.4, 0.5) is 0 Å². The topological polar surface area (TPSA) is 32.3 Å². The first-order valence-corrected chi connectivity index (χ1v) is 9.31. The number of carbonyl (C=O) groups is 1. The second kappa shape index (κ2) is 7.48. The third-order valence-electron chi connectivity index (χ3n) is 5.50. The molecule has 1 aromatic rings. The van der Waals surface area contributed by atoms with Crippen molar-refractivity contribution in [1.29, 1.82) is 0 Å². The molecule has 0 aromatic heterocycles. The van der Waals surface area contributed by atoms with Gasteiger partial charge in [0, 0.05) is 31.6 Å². The van der Waals surface area contributed by atoms with Gasteiger partial charge in [-0.1, -0.05) is 44.5 Å². The van der Waals surface area contributed by atoms with Gasteiger partial charge in [0.25, 0.3) is 0 Å². The molecule has 1 aromatic carbocycles. The van der Waals surface area contributed by atoms with E-state index in [1.54, 1.807) is 0 Å². The van der Waals surface area contributed by atoms with Crippen molar-refractivity contribution in [2.45, 2.75) is 58.5 Å². The van der Waals surface area contributed by atoms with Crippen molar-refractivity contribution in [3.63, 3.8) is 0 Å². The standard InChI is InChI=1S/C20H30N2O/c1-3-15-5-7-16(8-6-15)13-21-19-11-12-22(14-17(19)4-2)20(23)18-9-10-18/h5-8,17-19,21H,3-4,9-14H2,1-2H3/t17-,19-/m0/s1. The van der Waals surface area contributed by atoms with Crippen molar-refractivity contribution in [3.05, 3.63) is 35.4 Å². The summed E-state index contributed by atoms with van der Waals surface area (Å²) in [6.45, 7) is 7.24. The molecule has 0 unspecified atom stereocenters. The highest BCUT2D eigenvalue weighted by Crippen LogP contribution is 2.33. The lowest BCUT2D eigenvalue weighted by Crippen LogP contribution is -2.51. The highest BCUT2D eigenvalue weighted by molar-refractivity contribution is 5.81. The zero-order valence-electron chi connectivity index (χ0n) is 14.6. The second-order valence-corrected chi connectivity index (χ2v) is 7.17. The molecule has 0 spiro atoms. The molecule has 126 valence electrons. The number of nitrogens with one attached hydrogen (secondary N) is 1. The van der Waals surface area contributed by atoms with E-state index in [0.717, 1.165) is 51.7 Å². The van der Waals surface area contributed by atoms with E-state index in [2.05, 4.69) is 48.3 Å². The van der Waals surface area contributed by atoms with Crippen LogP contribution < -0.4 is 5.32 Å². The van der Waals surface area contributed by atoms with Crippen LogP contribution in [-0.4, -0.2) is 29.9 Å². The van der Waals surface area contributed by atoms with E-state index < -0.39 is 0 Å². The summed E-state index contributed by atoms with van der Waals surface area (Å²) in [4.78, 5) is 14.4. The Labute approximate surface area is 140 Å². The van der Waals surface area contributed by atoms with Gasteiger partial charge in [0.15, 0.2) is 0 Å². The molecule has 1 saturated heterocycles. The van der Waals surface area contributed by atoms with Gasteiger partial charge in [-0.15, -0.1) is 0 Å². The van der Waals surface area contributed by atoms with Gasteiger partial charge in [-0.05, 0) is 42.7 Å². The maximum atomic E-state index is 12.3. The maximum absolute atomic E-state index is 12.3. The van der Waals surface area contributed by atoms with Crippen LogP contribution in [0.5, 0.6) is 0 Å². The Balaban J connectivity index is 1.52. The van der Waals surface area contributed by atoms with Crippen LogP contribution in [0.15, 0.2) is 24.3 Å². The van der Waals surface area contributed by atoms with E-state index >= 15 is 0 Å². The SMILES string of the molecule is CCc1ccc(CN[C@H]2CCN(C(=O)C3CC3)C[C@@H]2CC)cc1. The lowest BCUT2D eigenvalue weighted by Gasteiger charge is -2.39. The Morgan fingerprint density at radius 3 is 2.43 bits per heavy atom. The van der Waals surface area contributed by atoms with Crippen LogP contribution in [0.3, 0.4) is 0 Å². The predicted molar refractivity (Wildman–Crippen MR) is 94.1 cm³/mol. The number of benzene rings is 1. The fraction of sp³-hybridized carbons (Fsp3) is 0.650. The van der Waals surface area contributed by atoms with Crippen molar-refractivity contribution >= 4 is 5.91 Å². The molecule has 1 aliphatic heterocycles. The van der Waals surface area contributed by atoms with Gasteiger partial charge < -0.3 is 10.2 Å². The molecule has 3 nitrogen and oxygen atoms in total. The number of hydrogen-bond donors (Lipinski definition) is 1. The average molecular weight is 314 g/mol. The van der Waals surface area contributed by atoms with Crippen LogP contribution in [0.1, 0.15) is 50.7 Å². The minimum absolute atomic E-state index is 0.356. The van der Waals surface area contributed by atoms with Crippen LogP contribution in [0.2, 0.25) is 0 Å². The van der Waals surface area contributed by atoms with E-state index in [9.17, 15) is 4.79 Å². The van der Waals surface area contributed by atoms with Gasteiger partial charge in [0.05, 0.1) is 0 Å². The number of rotatable bonds is 6. The molecule has 1 N–H and O–H groups in total. The molecule has 2 atom stereocenters. The van der Waals surface area contributed by atoms with E-state index in [0.29, 0.717) is 23.8 Å². The van der Waals surface area contributed by atoms with E-state index in [1.807, 2.05) is 0 Å². The average Bonchev–Trinajstić information content (AvgIpc) is 3.44. The molecular formula is C20H30N2O. The summed E-state index contributed by atoms with van der Waals surface area (Å²) in [5, 5.41) is 3.74. The largest absolute Gasteiger partial charge is 0.342 e. The van der Waals surface area contributed by atoms with Gasteiger partial charge >= 0.3 is 0 Å². The first-order valence-electron chi connectivity index (χ1n) is 9.31. The van der Waals surface area contributed by atoms with E-state index in [4.69, 9.17) is 0 Å². The van der Waals surface area contributed by atoms with Crippen molar-refractivity contribution in [1.82, 2.24) is 10.2 Å². The van der Waals surface area contributed by atoms with Gasteiger partial charge in [0.1, 0.15) is 0 Å². The molecule has 2 fully saturated rings. The quantitative estimate of drug-likeness (QED) is 0.873. The van der Waals surface area contributed by atoms with Gasteiger partial charge in [-0.2, -0.15) is 0 Å². The van der Waals surface area contributed by atoms with Crippen molar-refractivity contribution in [2.75, 3.05) is 13.1 Å². The van der Waals surface area contributed by atoms with Gasteiger partial charge in [-0.3, -0.25) is 4.79 Å². The molecular weight excluding hydrogens is 284 g/mol. The molecule has 0 bridgehead atoms. The summed E-state index contributed by atoms with van der Waals surface area (Å²) in [5.74, 6) is 1.35. The van der Waals surface area contributed by atoms with Crippen molar-refractivity contribution in [2.24, 2.45) is 11.8 Å². The number of likely N-dealkylation sites (tertiary alicyclic amines) is 1. The lowest BCUT2D eigenvalue weighted by atomic mass is 9.89. The Kier molecular flexibility index (Phi) is 5.37. The number of amides is 1. The summed E-state index contributed by atoms with van der Waals surface area (Å²) in [6, 6.07) is 9.46. The molecule has 1 amide bonds. The number of nitrogens with zero attached hydrogens (tertiary/aromatic N) is 1. The molecule has 1 heterocycles. The molecule has 2 aliphatic rings. The predicted octanol–water partition coefficient (Wildman–Crippen LogP) is 3.38. The Morgan fingerprint density at radius 1 is 1.13 bits per heavy atom. The molecule has 0 radical (unpaired) electrons. The van der Waals surface area contributed by atoms with Crippen molar-refractivity contribution < 1.29 is 4.79 Å². The number of hydrogen-bond acceptors (Lipinski definition) is 2. The Bertz CT molecular complexity index is 521. The minimum Gasteiger partial charge on any atom is -0.342 e. The Morgan fingerprint density at radius 2 is 1.83 bits per heavy atom. The second-order valence-electron chi connectivity index (χ2n) is 7.17. The Hall–Kier alpha value is -1.35. The summed E-state index contributed by atoms with van der Waals surface area (Å²) < 4.78 is 0. The van der Waals surface area contributed by atoms with Crippen LogP contribution in [0, 0.1) is 11.8 Å². The van der Waals surface area contributed by atoms with Crippen LogP contribution in [0.25, 0.3) is 0 Å². The monoisotopic (exact) mass is 314 g/mol. The van der Waals surface area contributed by atoms with E-state index in [-0.39, 0.29) is 0 Å². The molecule has 3 rings (SSSR count). The smallest absolute Gasteiger partial charge is 0.225 e. The molecule has 1 saturated carbocycles. The molecule has 1 aliphatic carbocycles. The van der Waals surface area contributed by atoms with Gasteiger partial charge in [-0.25, -0.2) is 0 Å².